The molecular weight excluding hydrogens is 266 g/mol. The maximum Gasteiger partial charge on any atom is 0.210 e. The summed E-state index contributed by atoms with van der Waals surface area (Å²) in [6.45, 7) is 11.4. The van der Waals surface area contributed by atoms with Gasteiger partial charge in [0.2, 0.25) is 5.69 Å². The number of allylic oxidation sites excluding steroid dienone is 2. The van der Waals surface area contributed by atoms with Crippen molar-refractivity contribution in [3.8, 4) is 0 Å². The van der Waals surface area contributed by atoms with Gasteiger partial charge >= 0.3 is 0 Å². The molecule has 0 saturated heterocycles. The van der Waals surface area contributed by atoms with Crippen molar-refractivity contribution in [2.45, 2.75) is 40.0 Å². The van der Waals surface area contributed by atoms with E-state index < -0.39 is 0 Å². The molecule has 0 radical (unpaired) electrons. The van der Waals surface area contributed by atoms with Gasteiger partial charge < -0.3 is 0 Å². The zero-order valence-corrected chi connectivity index (χ0v) is 14.6. The Morgan fingerprint density at radius 2 is 1.68 bits per heavy atom. The van der Waals surface area contributed by atoms with Crippen molar-refractivity contribution in [3.05, 3.63) is 54.1 Å². The van der Waals surface area contributed by atoms with Gasteiger partial charge in [-0.25, -0.2) is 0 Å². The first-order valence-electron chi connectivity index (χ1n) is 8.04. The Morgan fingerprint density at radius 3 is 2.36 bits per heavy atom. The first-order chi connectivity index (χ1) is 10.2. The molecule has 22 heavy (non-hydrogen) atoms. The number of nitrogens with zero attached hydrogens (tertiary/aromatic N) is 1. The van der Waals surface area contributed by atoms with Crippen molar-refractivity contribution in [2.24, 2.45) is 5.41 Å². The van der Waals surface area contributed by atoms with Gasteiger partial charge in [0, 0.05) is 17.7 Å². The zero-order chi connectivity index (χ0) is 16.1. The molecule has 1 aliphatic heterocycles. The largest absolute Gasteiger partial charge is 0.210 e. The van der Waals surface area contributed by atoms with Crippen LogP contribution < -0.4 is 0 Å². The molecule has 2 aromatic carbocycles. The molecule has 0 unspecified atom stereocenters. The van der Waals surface area contributed by atoms with E-state index in [9.17, 15) is 0 Å². The van der Waals surface area contributed by atoms with Crippen molar-refractivity contribution >= 4 is 22.2 Å². The lowest BCUT2D eigenvalue weighted by atomic mass is 9.78. The lowest BCUT2D eigenvalue weighted by Gasteiger charge is -2.18. The molecule has 0 spiro atoms. The molecular formula is C21H26N+. The van der Waals surface area contributed by atoms with Crippen LogP contribution >= 0.6 is 0 Å². The van der Waals surface area contributed by atoms with Crippen LogP contribution in [0.2, 0.25) is 0 Å². The SMILES string of the molecule is C[N+]1=C(/C=C/C(C)(C)C)C(C)(C)c2c1ccc1ccccc21. The third-order valence-electron chi connectivity index (χ3n) is 4.64. The van der Waals surface area contributed by atoms with Crippen LogP contribution in [0.1, 0.15) is 40.2 Å². The van der Waals surface area contributed by atoms with Crippen molar-refractivity contribution in [1.29, 1.82) is 0 Å². The second kappa shape index (κ2) is 4.81. The summed E-state index contributed by atoms with van der Waals surface area (Å²) in [6.07, 6.45) is 4.63. The standard InChI is InChI=1S/C21H26N/c1-20(2,3)14-13-18-21(4,5)19-16-10-8-7-9-15(16)11-12-17(19)22(18)6/h7-14H,1-6H3/q+1/b14-13+. The maximum absolute atomic E-state index is 2.35. The molecule has 0 saturated carbocycles. The van der Waals surface area contributed by atoms with Crippen LogP contribution in [0, 0.1) is 5.41 Å². The van der Waals surface area contributed by atoms with Gasteiger partial charge in [-0.2, -0.15) is 4.58 Å². The molecule has 114 valence electrons. The lowest BCUT2D eigenvalue weighted by molar-refractivity contribution is -0.401. The summed E-state index contributed by atoms with van der Waals surface area (Å²) in [4.78, 5) is 0. The van der Waals surface area contributed by atoms with Crippen LogP contribution in [0.4, 0.5) is 5.69 Å². The lowest BCUT2D eigenvalue weighted by Crippen LogP contribution is -2.27. The normalized spacial score (nSPS) is 17.5. The molecule has 0 aromatic heterocycles. The van der Waals surface area contributed by atoms with E-state index in [0.717, 1.165) is 0 Å². The van der Waals surface area contributed by atoms with Crippen LogP contribution in [0.3, 0.4) is 0 Å². The fourth-order valence-electron chi connectivity index (χ4n) is 3.52. The predicted molar refractivity (Wildman–Crippen MR) is 96.4 cm³/mol. The molecule has 2 aromatic rings. The fourth-order valence-corrected chi connectivity index (χ4v) is 3.52. The average molecular weight is 292 g/mol. The van der Waals surface area contributed by atoms with Gasteiger partial charge in [-0.3, -0.25) is 0 Å². The highest BCUT2D eigenvalue weighted by atomic mass is 15.0. The van der Waals surface area contributed by atoms with Crippen molar-refractivity contribution in [2.75, 3.05) is 7.05 Å². The molecule has 0 atom stereocenters. The highest BCUT2D eigenvalue weighted by molar-refractivity contribution is 6.07. The summed E-state index contributed by atoms with van der Waals surface area (Å²) in [7, 11) is 2.19. The number of hydrogen-bond acceptors (Lipinski definition) is 0. The summed E-state index contributed by atoms with van der Waals surface area (Å²) in [5, 5.41) is 2.69. The fraction of sp³-hybridized carbons (Fsp3) is 0.381. The van der Waals surface area contributed by atoms with E-state index >= 15 is 0 Å². The topological polar surface area (TPSA) is 3.01 Å². The Labute approximate surface area is 134 Å². The molecule has 0 bridgehead atoms. The number of hydrogen-bond donors (Lipinski definition) is 0. The van der Waals surface area contributed by atoms with Gasteiger partial charge in [0.1, 0.15) is 7.05 Å². The minimum absolute atomic E-state index is 0.0205. The van der Waals surface area contributed by atoms with Crippen LogP contribution in [-0.4, -0.2) is 17.3 Å². The van der Waals surface area contributed by atoms with Crippen LogP contribution in [-0.2, 0) is 5.41 Å². The minimum Gasteiger partial charge on any atom is -0.198 e. The van der Waals surface area contributed by atoms with E-state index in [-0.39, 0.29) is 10.8 Å². The quantitative estimate of drug-likeness (QED) is 0.615. The predicted octanol–water partition coefficient (Wildman–Crippen LogP) is 5.45. The van der Waals surface area contributed by atoms with E-state index in [0.29, 0.717) is 0 Å². The van der Waals surface area contributed by atoms with Gasteiger partial charge in [0.15, 0.2) is 5.71 Å². The Bertz CT molecular complexity index is 798. The maximum atomic E-state index is 2.35. The van der Waals surface area contributed by atoms with Gasteiger partial charge in [-0.05, 0) is 36.1 Å². The molecule has 0 N–H and O–H groups in total. The van der Waals surface area contributed by atoms with Crippen LogP contribution in [0.15, 0.2) is 48.6 Å². The first-order valence-corrected chi connectivity index (χ1v) is 8.04. The molecule has 0 amide bonds. The Balaban J connectivity index is 2.23. The second-order valence-electron chi connectivity index (χ2n) is 7.95. The highest BCUT2D eigenvalue weighted by Gasteiger charge is 2.44. The second-order valence-corrected chi connectivity index (χ2v) is 7.95. The van der Waals surface area contributed by atoms with E-state index in [1.54, 1.807) is 0 Å². The summed E-state index contributed by atoms with van der Waals surface area (Å²) in [5.74, 6) is 0. The molecule has 0 aliphatic carbocycles. The Morgan fingerprint density at radius 1 is 1.00 bits per heavy atom. The van der Waals surface area contributed by atoms with E-state index in [1.165, 1.54) is 27.7 Å². The van der Waals surface area contributed by atoms with Crippen molar-refractivity contribution in [3.63, 3.8) is 0 Å². The van der Waals surface area contributed by atoms with Gasteiger partial charge in [-0.15, -0.1) is 0 Å². The molecule has 1 nitrogen and oxygen atoms in total. The van der Waals surface area contributed by atoms with Gasteiger partial charge in [-0.1, -0.05) is 51.1 Å². The Kier molecular flexibility index (Phi) is 3.28. The van der Waals surface area contributed by atoms with E-state index in [2.05, 4.69) is 94.8 Å². The molecule has 0 fully saturated rings. The Hall–Kier alpha value is -1.89. The zero-order valence-electron chi connectivity index (χ0n) is 14.6. The molecule has 1 aliphatic rings. The number of rotatable bonds is 1. The smallest absolute Gasteiger partial charge is 0.198 e. The van der Waals surface area contributed by atoms with Gasteiger partial charge in [0.25, 0.3) is 0 Å². The van der Waals surface area contributed by atoms with E-state index in [4.69, 9.17) is 0 Å². The van der Waals surface area contributed by atoms with Gasteiger partial charge in [0.05, 0.1) is 5.41 Å². The highest BCUT2D eigenvalue weighted by Crippen LogP contribution is 2.43. The van der Waals surface area contributed by atoms with Crippen LogP contribution in [0.25, 0.3) is 10.8 Å². The van der Waals surface area contributed by atoms with Crippen molar-refractivity contribution < 1.29 is 4.58 Å². The molecule has 1 heteroatoms. The van der Waals surface area contributed by atoms with Crippen LogP contribution in [0.5, 0.6) is 0 Å². The molecule has 1 heterocycles. The molecule has 3 rings (SSSR count). The number of benzene rings is 2. The van der Waals surface area contributed by atoms with Crippen molar-refractivity contribution in [1.82, 2.24) is 0 Å². The summed E-state index contributed by atoms with van der Waals surface area (Å²) < 4.78 is 2.35. The monoisotopic (exact) mass is 292 g/mol. The number of fused-ring (bicyclic) bond motifs is 3. The third-order valence-corrected chi connectivity index (χ3v) is 4.64. The third kappa shape index (κ3) is 2.29. The summed E-state index contributed by atoms with van der Waals surface area (Å²) in [6, 6.07) is 13.2. The summed E-state index contributed by atoms with van der Waals surface area (Å²) in [5.41, 5.74) is 4.36. The first kappa shape index (κ1) is 15.0. The minimum atomic E-state index is 0.0205. The van der Waals surface area contributed by atoms with E-state index in [1.807, 2.05) is 0 Å². The average Bonchev–Trinajstić information content (AvgIpc) is 2.63. The summed E-state index contributed by atoms with van der Waals surface area (Å²) >= 11 is 0.